The number of amides is 1. The second-order valence-electron chi connectivity index (χ2n) is 7.70. The molecule has 4 rings (SSSR count). The van der Waals surface area contributed by atoms with Gasteiger partial charge in [0.15, 0.2) is 10.8 Å². The Morgan fingerprint density at radius 1 is 1.31 bits per heavy atom. The van der Waals surface area contributed by atoms with Crippen LogP contribution in [0.4, 0.5) is 23.2 Å². The van der Waals surface area contributed by atoms with Crippen LogP contribution in [0.1, 0.15) is 41.5 Å². The quantitative estimate of drug-likeness (QED) is 0.664. The van der Waals surface area contributed by atoms with Crippen molar-refractivity contribution in [2.75, 3.05) is 17.7 Å². The van der Waals surface area contributed by atoms with Crippen molar-refractivity contribution in [3.05, 3.63) is 53.4 Å². The van der Waals surface area contributed by atoms with E-state index in [0.717, 1.165) is 36.3 Å². The standard InChI is InChI=1S/C20H19F4N5O2S/c1-10-5-19(24)9-32-18(25)29-20(19,8-31-10)11-2-12(21)4-13(3-11)28-17(30)15-7-26-14(6-27-15)16(22)23/h2-4,6-7,10,16H,5,8-9H2,1H3,(H2,25,29)(H,28,30)/t10-,19+,20+/m0/s1. The number of benzene rings is 1. The van der Waals surface area contributed by atoms with Gasteiger partial charge in [0.1, 0.15) is 22.7 Å². The van der Waals surface area contributed by atoms with Crippen molar-refractivity contribution in [2.45, 2.75) is 37.1 Å². The van der Waals surface area contributed by atoms with Gasteiger partial charge in [0.05, 0.1) is 25.1 Å². The number of carbonyl (C=O) groups excluding carboxylic acids is 1. The SMILES string of the molecule is C[C@H]1C[C@@]2(F)CSC(N)=N[C@@]2(c2cc(F)cc(NC(=O)c3cnc(C(F)F)cn3)c2)CO1. The van der Waals surface area contributed by atoms with Crippen molar-refractivity contribution >= 4 is 28.5 Å². The number of hydrogen-bond acceptors (Lipinski definition) is 7. The second-order valence-corrected chi connectivity index (χ2v) is 8.70. The summed E-state index contributed by atoms with van der Waals surface area (Å²) >= 11 is 1.08. The highest BCUT2D eigenvalue weighted by Gasteiger charge is 2.59. The highest BCUT2D eigenvalue weighted by Crippen LogP contribution is 2.51. The molecule has 12 heteroatoms. The molecule has 2 aliphatic heterocycles. The number of fused-ring (bicyclic) bond motifs is 1. The fraction of sp³-hybridized carbons (Fsp3) is 0.400. The predicted octanol–water partition coefficient (Wildman–Crippen LogP) is 3.58. The number of anilines is 1. The molecule has 170 valence electrons. The van der Waals surface area contributed by atoms with E-state index in [9.17, 15) is 18.0 Å². The lowest BCUT2D eigenvalue weighted by Gasteiger charge is -2.49. The lowest BCUT2D eigenvalue weighted by Crippen LogP contribution is -2.60. The average Bonchev–Trinajstić information content (AvgIpc) is 2.74. The van der Waals surface area contributed by atoms with Crippen LogP contribution in [0.2, 0.25) is 0 Å². The number of rotatable bonds is 4. The Hall–Kier alpha value is -2.73. The summed E-state index contributed by atoms with van der Waals surface area (Å²) in [5, 5.41) is 2.59. The Labute approximate surface area is 184 Å². The molecule has 1 aromatic heterocycles. The molecule has 1 saturated heterocycles. The van der Waals surface area contributed by atoms with Crippen LogP contribution in [0, 0.1) is 5.82 Å². The third-order valence-corrected chi connectivity index (χ3v) is 6.43. The topological polar surface area (TPSA) is 102 Å². The summed E-state index contributed by atoms with van der Waals surface area (Å²) < 4.78 is 61.6. The summed E-state index contributed by atoms with van der Waals surface area (Å²) in [5.41, 5.74) is 1.80. The van der Waals surface area contributed by atoms with Gasteiger partial charge in [0.25, 0.3) is 12.3 Å². The Morgan fingerprint density at radius 2 is 2.09 bits per heavy atom. The maximum absolute atomic E-state index is 16.1. The number of halogens is 4. The normalized spacial score (nSPS) is 27.6. The Kier molecular flexibility index (Phi) is 5.84. The first kappa shape index (κ1) is 22.5. The number of nitrogens with zero attached hydrogens (tertiary/aromatic N) is 3. The number of carbonyl (C=O) groups is 1. The van der Waals surface area contributed by atoms with Gasteiger partial charge in [-0.1, -0.05) is 11.8 Å². The van der Waals surface area contributed by atoms with Gasteiger partial charge in [0.2, 0.25) is 0 Å². The summed E-state index contributed by atoms with van der Waals surface area (Å²) in [6, 6.07) is 3.56. The van der Waals surface area contributed by atoms with Crippen molar-refractivity contribution in [3.63, 3.8) is 0 Å². The van der Waals surface area contributed by atoms with Gasteiger partial charge in [0, 0.05) is 17.9 Å². The molecule has 3 N–H and O–H groups in total. The van der Waals surface area contributed by atoms with Crippen LogP contribution in [0.5, 0.6) is 0 Å². The van der Waals surface area contributed by atoms with Crippen molar-refractivity contribution in [3.8, 4) is 0 Å². The number of amidine groups is 1. The monoisotopic (exact) mass is 469 g/mol. The average molecular weight is 469 g/mol. The van der Waals surface area contributed by atoms with Crippen molar-refractivity contribution in [2.24, 2.45) is 10.7 Å². The van der Waals surface area contributed by atoms with Gasteiger partial charge in [-0.2, -0.15) is 0 Å². The van der Waals surface area contributed by atoms with Gasteiger partial charge < -0.3 is 15.8 Å². The second kappa shape index (κ2) is 8.32. The molecule has 3 heterocycles. The first-order chi connectivity index (χ1) is 15.1. The number of alkyl halides is 3. The van der Waals surface area contributed by atoms with Crippen molar-refractivity contribution in [1.82, 2.24) is 9.97 Å². The van der Waals surface area contributed by atoms with Gasteiger partial charge >= 0.3 is 0 Å². The van der Waals surface area contributed by atoms with E-state index in [2.05, 4.69) is 20.3 Å². The maximum Gasteiger partial charge on any atom is 0.281 e. The number of ether oxygens (including phenoxy) is 1. The molecule has 2 aliphatic rings. The highest BCUT2D eigenvalue weighted by molar-refractivity contribution is 8.13. The molecule has 0 radical (unpaired) electrons. The molecular weight excluding hydrogens is 450 g/mol. The van der Waals surface area contributed by atoms with E-state index in [1.54, 1.807) is 6.92 Å². The Morgan fingerprint density at radius 3 is 2.78 bits per heavy atom. The zero-order valence-corrected chi connectivity index (χ0v) is 17.6. The fourth-order valence-electron chi connectivity index (χ4n) is 3.87. The number of aromatic nitrogens is 2. The lowest BCUT2D eigenvalue weighted by atomic mass is 9.73. The first-order valence-electron chi connectivity index (χ1n) is 9.63. The zero-order chi connectivity index (χ0) is 23.1. The van der Waals surface area contributed by atoms with Gasteiger partial charge in [-0.25, -0.2) is 27.5 Å². The van der Waals surface area contributed by atoms with Crippen LogP contribution in [0.15, 0.2) is 35.6 Å². The van der Waals surface area contributed by atoms with Crippen molar-refractivity contribution < 1.29 is 27.1 Å². The molecule has 0 unspecified atom stereocenters. The zero-order valence-electron chi connectivity index (χ0n) is 16.8. The molecule has 0 aliphatic carbocycles. The van der Waals surface area contributed by atoms with Crippen LogP contribution in [0.3, 0.4) is 0 Å². The predicted molar refractivity (Wildman–Crippen MR) is 111 cm³/mol. The van der Waals surface area contributed by atoms with Crippen LogP contribution in [-0.2, 0) is 10.3 Å². The molecule has 0 saturated carbocycles. The van der Waals surface area contributed by atoms with E-state index in [4.69, 9.17) is 10.5 Å². The number of nitrogens with two attached hydrogens (primary N) is 1. The molecule has 0 bridgehead atoms. The van der Waals surface area contributed by atoms with E-state index >= 15 is 4.39 Å². The number of nitrogens with one attached hydrogen (secondary N) is 1. The summed E-state index contributed by atoms with van der Waals surface area (Å²) in [5.74, 6) is -1.51. The Bertz CT molecular complexity index is 1070. The third kappa shape index (κ3) is 4.04. The van der Waals surface area contributed by atoms with Crippen LogP contribution < -0.4 is 11.1 Å². The molecule has 2 aromatic rings. The van der Waals surface area contributed by atoms with Crippen LogP contribution >= 0.6 is 11.8 Å². The van der Waals surface area contributed by atoms with E-state index in [1.807, 2.05) is 0 Å². The molecule has 32 heavy (non-hydrogen) atoms. The third-order valence-electron chi connectivity index (χ3n) is 5.44. The van der Waals surface area contributed by atoms with E-state index < -0.39 is 35.1 Å². The summed E-state index contributed by atoms with van der Waals surface area (Å²) in [4.78, 5) is 23.9. The number of aliphatic imine (C=N–C) groups is 1. The summed E-state index contributed by atoms with van der Waals surface area (Å²) in [7, 11) is 0. The largest absolute Gasteiger partial charge is 0.379 e. The van der Waals surface area contributed by atoms with E-state index in [1.165, 1.54) is 6.07 Å². The molecule has 1 fully saturated rings. The van der Waals surface area contributed by atoms with Gasteiger partial charge in [-0.3, -0.25) is 9.78 Å². The highest BCUT2D eigenvalue weighted by atomic mass is 32.2. The molecule has 1 amide bonds. The number of thioether (sulfide) groups is 1. The maximum atomic E-state index is 16.1. The fourth-order valence-corrected chi connectivity index (χ4v) is 4.82. The minimum atomic E-state index is -2.83. The van der Waals surface area contributed by atoms with Crippen molar-refractivity contribution in [1.29, 1.82) is 0 Å². The number of hydrogen-bond donors (Lipinski definition) is 2. The summed E-state index contributed by atoms with van der Waals surface area (Å²) in [6.45, 7) is 1.60. The van der Waals surface area contributed by atoms with Crippen LogP contribution in [0.25, 0.3) is 0 Å². The minimum absolute atomic E-state index is 0.00656. The minimum Gasteiger partial charge on any atom is -0.379 e. The first-order valence-corrected chi connectivity index (χ1v) is 10.6. The smallest absolute Gasteiger partial charge is 0.281 e. The Balaban J connectivity index is 1.68. The summed E-state index contributed by atoms with van der Waals surface area (Å²) in [6.07, 6.45) is -1.47. The molecule has 1 aromatic carbocycles. The van der Waals surface area contributed by atoms with Gasteiger partial charge in [-0.15, -0.1) is 0 Å². The van der Waals surface area contributed by atoms with E-state index in [0.29, 0.717) is 0 Å². The van der Waals surface area contributed by atoms with Crippen LogP contribution in [-0.4, -0.2) is 45.2 Å². The molecular formula is C20H19F4N5O2S. The van der Waals surface area contributed by atoms with E-state index in [-0.39, 0.29) is 47.0 Å². The molecule has 0 spiro atoms. The molecule has 7 nitrogen and oxygen atoms in total. The molecule has 3 atom stereocenters. The lowest BCUT2D eigenvalue weighted by molar-refractivity contribution is -0.106. The van der Waals surface area contributed by atoms with Gasteiger partial charge in [-0.05, 0) is 30.7 Å².